The number of carbonyl (C=O) groups excluding carboxylic acids is 2. The van der Waals surface area contributed by atoms with Crippen molar-refractivity contribution in [2.24, 2.45) is 0 Å². The number of amides is 1. The van der Waals surface area contributed by atoms with E-state index in [0.29, 0.717) is 33.0 Å². The van der Waals surface area contributed by atoms with Crippen LogP contribution in [0.15, 0.2) is 4.79 Å². The molecule has 1 amide bonds. The minimum Gasteiger partial charge on any atom is -0.451 e. The van der Waals surface area contributed by atoms with Gasteiger partial charge < -0.3 is 19.6 Å². The van der Waals surface area contributed by atoms with Gasteiger partial charge in [-0.25, -0.2) is 9.78 Å². The third-order valence-electron chi connectivity index (χ3n) is 6.50. The van der Waals surface area contributed by atoms with E-state index in [1.54, 1.807) is 13.8 Å². The van der Waals surface area contributed by atoms with Crippen LogP contribution in [-0.4, -0.2) is 33.0 Å². The molecule has 0 radical (unpaired) electrons. The average Bonchev–Trinajstić information content (AvgIpc) is 3.26. The van der Waals surface area contributed by atoms with Crippen LogP contribution in [0.5, 0.6) is 0 Å². The van der Waals surface area contributed by atoms with Gasteiger partial charge in [0, 0.05) is 11.7 Å². The van der Waals surface area contributed by atoms with Gasteiger partial charge in [0.15, 0.2) is 6.61 Å². The van der Waals surface area contributed by atoms with Gasteiger partial charge in [-0.15, -0.1) is 11.3 Å². The number of nitriles is 1. The summed E-state index contributed by atoms with van der Waals surface area (Å²) in [5.74, 6) is -0.291. The topological polar surface area (TPSA) is 130 Å². The van der Waals surface area contributed by atoms with Crippen molar-refractivity contribution in [2.45, 2.75) is 65.8 Å². The summed E-state index contributed by atoms with van der Waals surface area (Å²) in [7, 11) is 0. The predicted octanol–water partition coefficient (Wildman–Crippen LogP) is 4.19. The van der Waals surface area contributed by atoms with Gasteiger partial charge in [0.05, 0.1) is 10.9 Å². The molecular weight excluding hydrogens is 454 g/mol. The lowest BCUT2D eigenvalue weighted by Crippen LogP contribution is -2.24. The van der Waals surface area contributed by atoms with E-state index in [1.807, 2.05) is 13.8 Å². The van der Waals surface area contributed by atoms with Crippen LogP contribution in [0.2, 0.25) is 0 Å². The van der Waals surface area contributed by atoms with Gasteiger partial charge in [-0.2, -0.15) is 5.26 Å². The number of carbonyl (C=O) groups is 2. The number of aryl methyl sites for hydroxylation is 2. The molecule has 1 aliphatic carbocycles. The Labute approximate surface area is 200 Å². The van der Waals surface area contributed by atoms with Crippen molar-refractivity contribution in [2.75, 3.05) is 11.9 Å². The molecule has 1 fully saturated rings. The molecule has 9 nitrogen and oxygen atoms in total. The largest absolute Gasteiger partial charge is 0.451 e. The van der Waals surface area contributed by atoms with E-state index in [4.69, 9.17) is 4.74 Å². The first-order chi connectivity index (χ1) is 16.2. The number of aromatic amines is 1. The molecule has 178 valence electrons. The van der Waals surface area contributed by atoms with Gasteiger partial charge in [0.1, 0.15) is 27.4 Å². The quantitative estimate of drug-likeness (QED) is 0.526. The van der Waals surface area contributed by atoms with Crippen LogP contribution >= 0.6 is 11.3 Å². The molecule has 0 bridgehead atoms. The molecule has 0 aromatic carbocycles. The normalized spacial score (nSPS) is 14.2. The van der Waals surface area contributed by atoms with Gasteiger partial charge in [-0.3, -0.25) is 9.59 Å². The Morgan fingerprint density at radius 1 is 1.21 bits per heavy atom. The number of esters is 1. The lowest BCUT2D eigenvalue weighted by atomic mass is 9.95. The van der Waals surface area contributed by atoms with Crippen molar-refractivity contribution in [1.29, 1.82) is 5.26 Å². The molecule has 1 aliphatic rings. The molecule has 0 aliphatic heterocycles. The number of thiophene rings is 1. The third kappa shape index (κ3) is 4.23. The van der Waals surface area contributed by atoms with Crippen LogP contribution in [0.1, 0.15) is 76.0 Å². The molecular formula is C24H27N5O4S. The van der Waals surface area contributed by atoms with Crippen molar-refractivity contribution >= 4 is 39.2 Å². The van der Waals surface area contributed by atoms with Crippen molar-refractivity contribution in [3.8, 4) is 6.07 Å². The molecule has 3 aromatic heterocycles. The van der Waals surface area contributed by atoms with Gasteiger partial charge in [0.25, 0.3) is 11.5 Å². The van der Waals surface area contributed by atoms with E-state index in [1.165, 1.54) is 6.42 Å². The number of anilines is 1. The molecule has 0 spiro atoms. The Kier molecular flexibility index (Phi) is 6.57. The Bertz CT molecular complexity index is 1390. The van der Waals surface area contributed by atoms with Crippen molar-refractivity contribution in [1.82, 2.24) is 14.5 Å². The Balaban J connectivity index is 1.52. The number of ether oxygens (including phenoxy) is 1. The standard InChI is InChI=1S/C24H27N5O4S/c1-12-14(3)29(16-8-6-5-7-9-16)21(17(12)10-25)28-18(30)11-33-24(32)20-13(2)19-22(31)26-15(4)27-23(19)34-20/h16H,5-9,11H2,1-4H3,(H,28,30)(H,26,27,31). The third-order valence-corrected chi connectivity index (χ3v) is 7.67. The highest BCUT2D eigenvalue weighted by Gasteiger charge is 2.26. The maximum atomic E-state index is 12.8. The first-order valence-corrected chi connectivity index (χ1v) is 12.1. The SMILES string of the molecule is Cc1nc2sc(C(=O)OCC(=O)Nc3c(C#N)c(C)c(C)n3C3CCCCC3)c(C)c2c(=O)[nH]1. The second kappa shape index (κ2) is 9.43. The summed E-state index contributed by atoms with van der Waals surface area (Å²) < 4.78 is 7.32. The highest BCUT2D eigenvalue weighted by atomic mass is 32.1. The molecule has 34 heavy (non-hydrogen) atoms. The summed E-state index contributed by atoms with van der Waals surface area (Å²) in [6.07, 6.45) is 5.40. The molecule has 4 rings (SSSR count). The molecule has 2 N–H and O–H groups in total. The Hall–Kier alpha value is -3.45. The van der Waals surface area contributed by atoms with E-state index in [-0.39, 0.29) is 16.5 Å². The molecule has 3 heterocycles. The van der Waals surface area contributed by atoms with Crippen molar-refractivity contribution in [3.05, 3.63) is 43.4 Å². The number of fused-ring (bicyclic) bond motifs is 1. The minimum atomic E-state index is -0.691. The fourth-order valence-electron chi connectivity index (χ4n) is 4.69. The van der Waals surface area contributed by atoms with E-state index in [0.717, 1.165) is 48.3 Å². The van der Waals surface area contributed by atoms with Gasteiger partial charge in [-0.05, 0) is 51.7 Å². The number of H-pyrrole nitrogens is 1. The zero-order chi connectivity index (χ0) is 24.6. The highest BCUT2D eigenvalue weighted by Crippen LogP contribution is 2.36. The Morgan fingerprint density at radius 3 is 2.59 bits per heavy atom. The first-order valence-electron chi connectivity index (χ1n) is 11.3. The number of rotatable bonds is 5. The maximum absolute atomic E-state index is 12.8. The number of nitrogens with one attached hydrogen (secondary N) is 2. The summed E-state index contributed by atoms with van der Waals surface area (Å²) in [5.41, 5.74) is 2.40. The van der Waals surface area contributed by atoms with E-state index in [9.17, 15) is 19.6 Å². The minimum absolute atomic E-state index is 0.225. The molecule has 10 heteroatoms. The van der Waals surface area contributed by atoms with Gasteiger partial charge >= 0.3 is 5.97 Å². The highest BCUT2D eigenvalue weighted by molar-refractivity contribution is 7.20. The van der Waals surface area contributed by atoms with Crippen LogP contribution in [0.4, 0.5) is 5.82 Å². The molecule has 0 atom stereocenters. The number of nitrogens with zero attached hydrogens (tertiary/aromatic N) is 3. The lowest BCUT2D eigenvalue weighted by molar-refractivity contribution is -0.119. The van der Waals surface area contributed by atoms with Gasteiger partial charge in [0.2, 0.25) is 0 Å². The first kappa shape index (κ1) is 23.7. The van der Waals surface area contributed by atoms with Crippen LogP contribution in [0.3, 0.4) is 0 Å². The summed E-state index contributed by atoms with van der Waals surface area (Å²) in [6.45, 7) is 6.66. The Morgan fingerprint density at radius 2 is 1.91 bits per heavy atom. The fourth-order valence-corrected chi connectivity index (χ4v) is 5.81. The smallest absolute Gasteiger partial charge is 0.349 e. The molecule has 0 unspecified atom stereocenters. The molecule has 1 saturated carbocycles. The summed E-state index contributed by atoms with van der Waals surface area (Å²) in [5, 5.41) is 12.9. The second-order valence-electron chi connectivity index (χ2n) is 8.72. The summed E-state index contributed by atoms with van der Waals surface area (Å²) in [6, 6.07) is 2.44. The number of aromatic nitrogens is 3. The lowest BCUT2D eigenvalue weighted by Gasteiger charge is -2.27. The fraction of sp³-hybridized carbons (Fsp3) is 0.458. The van der Waals surface area contributed by atoms with Crippen LogP contribution in [0.25, 0.3) is 10.2 Å². The number of hydrogen-bond donors (Lipinski definition) is 2. The second-order valence-corrected chi connectivity index (χ2v) is 9.72. The van der Waals surface area contributed by atoms with E-state index < -0.39 is 18.5 Å². The molecule has 3 aromatic rings. The number of hydrogen-bond acceptors (Lipinski definition) is 7. The van der Waals surface area contributed by atoms with Crippen LogP contribution in [-0.2, 0) is 9.53 Å². The molecule has 0 saturated heterocycles. The zero-order valence-corrected chi connectivity index (χ0v) is 20.5. The monoisotopic (exact) mass is 481 g/mol. The van der Waals surface area contributed by atoms with Gasteiger partial charge in [-0.1, -0.05) is 19.3 Å². The zero-order valence-electron chi connectivity index (χ0n) is 19.7. The summed E-state index contributed by atoms with van der Waals surface area (Å²) >= 11 is 1.06. The van der Waals surface area contributed by atoms with Crippen molar-refractivity contribution < 1.29 is 14.3 Å². The van der Waals surface area contributed by atoms with Crippen LogP contribution in [0, 0.1) is 39.0 Å². The summed E-state index contributed by atoms with van der Waals surface area (Å²) in [4.78, 5) is 45.3. The van der Waals surface area contributed by atoms with Crippen LogP contribution < -0.4 is 10.9 Å². The predicted molar refractivity (Wildman–Crippen MR) is 129 cm³/mol. The maximum Gasteiger partial charge on any atom is 0.349 e. The van der Waals surface area contributed by atoms with E-state index >= 15 is 0 Å². The van der Waals surface area contributed by atoms with E-state index in [2.05, 4.69) is 25.9 Å². The average molecular weight is 482 g/mol. The van der Waals surface area contributed by atoms with Crippen molar-refractivity contribution in [3.63, 3.8) is 0 Å².